The van der Waals surface area contributed by atoms with Gasteiger partial charge >= 0.3 is 5.97 Å². The first-order chi connectivity index (χ1) is 37.6. The van der Waals surface area contributed by atoms with E-state index in [-0.39, 0.29) is 43.1 Å². The molecule has 436 valence electrons. The number of hydrogen-bond donors (Lipinski definition) is 15. The first-order valence-electron chi connectivity index (χ1n) is 25.8. The van der Waals surface area contributed by atoms with Crippen LogP contribution in [0.2, 0.25) is 0 Å². The van der Waals surface area contributed by atoms with Gasteiger partial charge in [0.15, 0.2) is 0 Å². The van der Waals surface area contributed by atoms with Crippen LogP contribution in [0.25, 0.3) is 0 Å². The molecule has 0 heterocycles. The van der Waals surface area contributed by atoms with Crippen LogP contribution in [-0.2, 0) is 72.0 Å². The van der Waals surface area contributed by atoms with Crippen molar-refractivity contribution in [3.8, 4) is 11.5 Å². The second-order valence-electron chi connectivity index (χ2n) is 20.4. The Bertz CT molecular complexity index is 2640. The first kappa shape index (κ1) is 65.6. The summed E-state index contributed by atoms with van der Waals surface area (Å²) in [5.41, 5.74) is 17.8. The van der Waals surface area contributed by atoms with Gasteiger partial charge in [0.1, 0.15) is 59.8 Å². The van der Waals surface area contributed by atoms with Crippen molar-refractivity contribution in [1.29, 1.82) is 0 Å². The highest BCUT2D eigenvalue weighted by molar-refractivity contribution is 5.99. The molecule has 0 spiro atoms. The lowest BCUT2D eigenvalue weighted by Gasteiger charge is -2.29. The third-order valence-corrected chi connectivity index (χ3v) is 12.4. The Balaban J connectivity index is 1.97. The number of amides is 10. The second kappa shape index (κ2) is 31.7. The normalized spacial score (nSPS) is 14.5. The van der Waals surface area contributed by atoms with Gasteiger partial charge in [0.05, 0.1) is 25.5 Å². The largest absolute Gasteiger partial charge is 0.508 e. The molecule has 0 aliphatic heterocycles. The lowest BCUT2D eigenvalue weighted by Crippen LogP contribution is -2.62. The summed E-state index contributed by atoms with van der Waals surface area (Å²) < 4.78 is 0. The van der Waals surface area contributed by atoms with E-state index < -0.39 is 151 Å². The van der Waals surface area contributed by atoms with E-state index in [1.807, 2.05) is 0 Å². The number of phenols is 2. The van der Waals surface area contributed by atoms with E-state index in [2.05, 4.69) is 42.5 Å². The summed E-state index contributed by atoms with van der Waals surface area (Å²) in [6.45, 7) is 8.70. The molecular weight excluding hydrogens is 1040 g/mol. The second-order valence-corrected chi connectivity index (χ2v) is 20.4. The summed E-state index contributed by atoms with van der Waals surface area (Å²) in [6, 6.07) is 5.70. The van der Waals surface area contributed by atoms with Gasteiger partial charge in [-0.3, -0.25) is 47.9 Å². The minimum Gasteiger partial charge on any atom is -0.508 e. The molecule has 3 aromatic rings. The van der Waals surface area contributed by atoms with E-state index in [0.717, 1.165) is 0 Å². The fraction of sp³-hybridized carbons (Fsp3) is 0.463. The van der Waals surface area contributed by atoms with Crippen LogP contribution in [0.3, 0.4) is 0 Å². The van der Waals surface area contributed by atoms with Crippen molar-refractivity contribution in [1.82, 2.24) is 42.5 Å². The number of nitrogens with two attached hydrogens (primary N) is 3. The standard InChI is InChI=1S/C54H75N11O15/c1-27(2)20-36(58-46(71)35(55)24-42(56)69)47(72)63-41(26-66)52(77)64-44(28(3)4)53(78)62-38(23-32-14-18-34(68)19-15-32)49(74)61-40(25-43(57)70)50(75)59-37(22-31-12-16-33(67)17-13-31)48(73)60-39(21-30-10-8-7-9-11-30)51(76)65-45(29(5)6)54(79)80/h7-19,27-29,35-41,44-45,66-68H,20-26,55H2,1-6H3,(H2,56,69)(H2,57,70)(H,58,71)(H,59,75)(H,60,73)(H,61,74)(H,62,78)(H,63,72)(H,64,77)(H,65,76)(H,79,80)/t35-,36-,37-,38-,39-,40-,41-,44-,45-/m0/s1. The van der Waals surface area contributed by atoms with Crippen LogP contribution in [0.15, 0.2) is 78.9 Å². The molecule has 26 heteroatoms. The number of rotatable bonds is 32. The average molecular weight is 1120 g/mol. The molecule has 9 atom stereocenters. The number of carboxylic acid groups (broad SMARTS) is 1. The minimum absolute atomic E-state index is 0.0338. The van der Waals surface area contributed by atoms with Crippen LogP contribution < -0.4 is 59.7 Å². The smallest absolute Gasteiger partial charge is 0.326 e. The molecule has 0 aliphatic rings. The summed E-state index contributed by atoms with van der Waals surface area (Å²) >= 11 is 0. The monoisotopic (exact) mass is 1120 g/mol. The molecule has 10 amide bonds. The van der Waals surface area contributed by atoms with Crippen molar-refractivity contribution in [2.24, 2.45) is 35.0 Å². The van der Waals surface area contributed by atoms with Crippen LogP contribution in [0.4, 0.5) is 0 Å². The number of carbonyl (C=O) groups excluding carboxylic acids is 10. The molecule has 18 N–H and O–H groups in total. The van der Waals surface area contributed by atoms with E-state index in [0.29, 0.717) is 16.7 Å². The van der Waals surface area contributed by atoms with Crippen LogP contribution in [-0.4, -0.2) is 146 Å². The quantitative estimate of drug-likeness (QED) is 0.0308. The molecule has 0 radical (unpaired) electrons. The van der Waals surface area contributed by atoms with Gasteiger partial charge in [-0.1, -0.05) is 96.1 Å². The number of aliphatic hydroxyl groups is 1. The summed E-state index contributed by atoms with van der Waals surface area (Å²) in [7, 11) is 0. The third kappa shape index (κ3) is 22.0. The SMILES string of the molecule is CC(C)C[C@H](NC(=O)[C@@H](N)CC(N)=O)C(=O)N[C@@H](CO)C(=O)N[C@H](C(=O)N[C@@H](Cc1ccc(O)cc1)C(=O)N[C@@H](CC(N)=O)C(=O)N[C@@H](Cc1ccc(O)cc1)C(=O)N[C@@H](Cc1ccccc1)C(=O)N[C@H](C(=O)O)C(C)C)C(C)C. The molecule has 80 heavy (non-hydrogen) atoms. The summed E-state index contributed by atoms with van der Waals surface area (Å²) in [4.78, 5) is 147. The maximum atomic E-state index is 14.4. The number of aromatic hydroxyl groups is 2. The molecular formula is C54H75N11O15. The minimum atomic E-state index is -1.85. The van der Waals surface area contributed by atoms with E-state index in [1.54, 1.807) is 58.0 Å². The summed E-state index contributed by atoms with van der Waals surface area (Å²) in [5, 5.41) is 59.9. The zero-order valence-electron chi connectivity index (χ0n) is 45.4. The molecule has 0 fully saturated rings. The van der Waals surface area contributed by atoms with Gasteiger partial charge in [-0.25, -0.2) is 4.79 Å². The molecule has 0 unspecified atom stereocenters. The Morgan fingerprint density at radius 2 is 0.775 bits per heavy atom. The molecule has 0 aliphatic carbocycles. The van der Waals surface area contributed by atoms with E-state index in [1.165, 1.54) is 62.4 Å². The molecule has 0 aromatic heterocycles. The Labute approximate surface area is 462 Å². The van der Waals surface area contributed by atoms with Crippen LogP contribution in [0, 0.1) is 17.8 Å². The van der Waals surface area contributed by atoms with Crippen molar-refractivity contribution in [2.75, 3.05) is 6.61 Å². The molecule has 3 rings (SSSR count). The Kier molecular flexibility index (Phi) is 26.0. The first-order valence-corrected chi connectivity index (χ1v) is 25.8. The van der Waals surface area contributed by atoms with E-state index >= 15 is 0 Å². The lowest BCUT2D eigenvalue weighted by molar-refractivity contribution is -0.143. The van der Waals surface area contributed by atoms with E-state index in [9.17, 15) is 73.2 Å². The molecule has 0 bridgehead atoms. The van der Waals surface area contributed by atoms with Crippen LogP contribution in [0.1, 0.15) is 77.5 Å². The third-order valence-electron chi connectivity index (χ3n) is 12.4. The van der Waals surface area contributed by atoms with Gasteiger partial charge in [-0.05, 0) is 65.1 Å². The topological polar surface area (TPSA) is 443 Å². The highest BCUT2D eigenvalue weighted by Crippen LogP contribution is 2.16. The van der Waals surface area contributed by atoms with Crippen LogP contribution in [0.5, 0.6) is 11.5 Å². The zero-order chi connectivity index (χ0) is 60.0. The lowest BCUT2D eigenvalue weighted by atomic mass is 9.99. The van der Waals surface area contributed by atoms with Gasteiger partial charge in [-0.2, -0.15) is 0 Å². The predicted octanol–water partition coefficient (Wildman–Crippen LogP) is -2.48. The fourth-order valence-corrected chi connectivity index (χ4v) is 8.02. The van der Waals surface area contributed by atoms with Crippen molar-refractivity contribution in [3.63, 3.8) is 0 Å². The number of carboxylic acids is 1. The molecule has 0 saturated carbocycles. The van der Waals surface area contributed by atoms with Crippen molar-refractivity contribution in [3.05, 3.63) is 95.6 Å². The predicted molar refractivity (Wildman–Crippen MR) is 289 cm³/mol. The number of hydrogen-bond acceptors (Lipinski definition) is 15. The summed E-state index contributed by atoms with van der Waals surface area (Å²) in [5.74, 6) is -13.0. The van der Waals surface area contributed by atoms with Gasteiger partial charge < -0.3 is 80.2 Å². The number of phenolic OH excluding ortho intramolecular Hbond substituents is 2. The van der Waals surface area contributed by atoms with Gasteiger partial charge in [0, 0.05) is 19.3 Å². The molecule has 0 saturated heterocycles. The Morgan fingerprint density at radius 3 is 1.19 bits per heavy atom. The Morgan fingerprint density at radius 1 is 0.425 bits per heavy atom. The maximum Gasteiger partial charge on any atom is 0.326 e. The molecule has 3 aromatic carbocycles. The van der Waals surface area contributed by atoms with Gasteiger partial charge in [-0.15, -0.1) is 0 Å². The van der Waals surface area contributed by atoms with Crippen molar-refractivity contribution in [2.45, 2.75) is 134 Å². The number of carbonyl (C=O) groups is 11. The highest BCUT2D eigenvalue weighted by atomic mass is 16.4. The maximum absolute atomic E-state index is 14.4. The van der Waals surface area contributed by atoms with E-state index in [4.69, 9.17) is 17.2 Å². The van der Waals surface area contributed by atoms with Gasteiger partial charge in [0.2, 0.25) is 59.1 Å². The molecule has 26 nitrogen and oxygen atoms in total. The average Bonchev–Trinajstić information content (AvgIpc) is 3.38. The zero-order valence-corrected chi connectivity index (χ0v) is 45.4. The van der Waals surface area contributed by atoms with Crippen molar-refractivity contribution < 1.29 is 73.2 Å². The number of nitrogens with one attached hydrogen (secondary N) is 8. The number of benzene rings is 3. The number of aliphatic hydroxyl groups excluding tert-OH is 1. The number of primary amides is 2. The summed E-state index contributed by atoms with van der Waals surface area (Å²) in [6.07, 6.45) is -2.12. The van der Waals surface area contributed by atoms with Crippen LogP contribution >= 0.6 is 0 Å². The fourth-order valence-electron chi connectivity index (χ4n) is 8.02. The number of aliphatic carboxylic acids is 1. The van der Waals surface area contributed by atoms with Crippen molar-refractivity contribution >= 4 is 65.0 Å². The Hall–Kier alpha value is -8.65. The van der Waals surface area contributed by atoms with Gasteiger partial charge in [0.25, 0.3) is 0 Å². The highest BCUT2D eigenvalue weighted by Gasteiger charge is 2.37.